The van der Waals surface area contributed by atoms with E-state index in [9.17, 15) is 4.79 Å². The number of Topliss-reactive ketones (excluding diaryl/α,β-unsaturated/α-hetero) is 1. The molecular weight excluding hydrogens is 264 g/mol. The molecule has 0 atom stereocenters. The van der Waals surface area contributed by atoms with E-state index in [-0.39, 0.29) is 5.78 Å². The monoisotopic (exact) mass is 290 g/mol. The van der Waals surface area contributed by atoms with Crippen molar-refractivity contribution in [1.82, 2.24) is 0 Å². The van der Waals surface area contributed by atoms with Crippen LogP contribution in [0.3, 0.4) is 0 Å². The molecule has 21 heavy (non-hydrogen) atoms. The Kier molecular flexibility index (Phi) is 6.09. The Bertz CT molecular complexity index is 462. The summed E-state index contributed by atoms with van der Waals surface area (Å²) in [5.74, 6) is 2.35. The van der Waals surface area contributed by atoms with Gasteiger partial charge in [-0.25, -0.2) is 0 Å². The largest absolute Gasteiger partial charge is 0.490 e. The highest BCUT2D eigenvalue weighted by molar-refractivity contribution is 5.96. The van der Waals surface area contributed by atoms with E-state index in [0.29, 0.717) is 31.1 Å². The molecule has 0 bridgehead atoms. The second-order valence-corrected chi connectivity index (χ2v) is 5.64. The minimum atomic E-state index is 0.214. The molecule has 116 valence electrons. The van der Waals surface area contributed by atoms with Crippen molar-refractivity contribution in [3.8, 4) is 11.5 Å². The average molecular weight is 290 g/mol. The van der Waals surface area contributed by atoms with Crippen molar-refractivity contribution < 1.29 is 14.3 Å². The van der Waals surface area contributed by atoms with Crippen molar-refractivity contribution in [1.29, 1.82) is 0 Å². The van der Waals surface area contributed by atoms with Crippen molar-refractivity contribution in [2.24, 2.45) is 5.92 Å². The van der Waals surface area contributed by atoms with Gasteiger partial charge in [-0.2, -0.15) is 0 Å². The van der Waals surface area contributed by atoms with Crippen LogP contribution in [-0.4, -0.2) is 19.0 Å². The molecule has 1 saturated carbocycles. The highest BCUT2D eigenvalue weighted by Crippen LogP contribution is 2.31. The summed E-state index contributed by atoms with van der Waals surface area (Å²) in [4.78, 5) is 12.3. The molecule has 1 aliphatic carbocycles. The molecule has 1 fully saturated rings. The van der Waals surface area contributed by atoms with Crippen molar-refractivity contribution >= 4 is 5.78 Å². The molecule has 1 aliphatic rings. The first-order valence-corrected chi connectivity index (χ1v) is 8.17. The van der Waals surface area contributed by atoms with Crippen molar-refractivity contribution in [3.63, 3.8) is 0 Å². The molecule has 0 radical (unpaired) electrons. The summed E-state index contributed by atoms with van der Waals surface area (Å²) in [6.45, 7) is 5.04. The van der Waals surface area contributed by atoms with Crippen molar-refractivity contribution in [2.75, 3.05) is 13.2 Å². The van der Waals surface area contributed by atoms with Crippen LogP contribution in [0, 0.1) is 5.92 Å². The van der Waals surface area contributed by atoms with Gasteiger partial charge in [-0.1, -0.05) is 25.7 Å². The fraction of sp³-hybridized carbons (Fsp3) is 0.611. The maximum Gasteiger partial charge on any atom is 0.163 e. The summed E-state index contributed by atoms with van der Waals surface area (Å²) in [7, 11) is 0. The van der Waals surface area contributed by atoms with E-state index in [2.05, 4.69) is 0 Å². The fourth-order valence-electron chi connectivity index (χ4n) is 3.00. The molecule has 0 N–H and O–H groups in total. The van der Waals surface area contributed by atoms with E-state index in [1.807, 2.05) is 32.0 Å². The van der Waals surface area contributed by atoms with E-state index in [1.54, 1.807) is 0 Å². The van der Waals surface area contributed by atoms with Gasteiger partial charge in [0.1, 0.15) is 0 Å². The first-order chi connectivity index (χ1) is 10.2. The van der Waals surface area contributed by atoms with Crippen LogP contribution in [0.15, 0.2) is 18.2 Å². The molecule has 0 heterocycles. The molecule has 0 amide bonds. The number of ether oxygens (including phenoxy) is 2. The Morgan fingerprint density at radius 2 is 1.76 bits per heavy atom. The Hall–Kier alpha value is -1.51. The Morgan fingerprint density at radius 3 is 2.43 bits per heavy atom. The lowest BCUT2D eigenvalue weighted by molar-refractivity contribution is 0.0973. The van der Waals surface area contributed by atoms with Gasteiger partial charge in [0.25, 0.3) is 0 Å². The third kappa shape index (κ3) is 4.48. The predicted molar refractivity (Wildman–Crippen MR) is 84.3 cm³/mol. The van der Waals surface area contributed by atoms with E-state index >= 15 is 0 Å². The highest BCUT2D eigenvalue weighted by atomic mass is 16.5. The van der Waals surface area contributed by atoms with Crippen LogP contribution in [0.5, 0.6) is 11.5 Å². The molecule has 3 heteroatoms. The lowest BCUT2D eigenvalue weighted by Gasteiger charge is -2.12. The summed E-state index contributed by atoms with van der Waals surface area (Å²) in [6, 6.07) is 5.52. The summed E-state index contributed by atoms with van der Waals surface area (Å²) >= 11 is 0. The van der Waals surface area contributed by atoms with Gasteiger partial charge >= 0.3 is 0 Å². The SMILES string of the molecule is CCOc1ccc(C(=O)CCC2CCCC2)cc1OCC. The molecule has 0 spiro atoms. The van der Waals surface area contributed by atoms with Crippen LogP contribution in [-0.2, 0) is 0 Å². The first kappa shape index (κ1) is 15.9. The number of ketones is 1. The van der Waals surface area contributed by atoms with Gasteiger partial charge in [-0.3, -0.25) is 4.79 Å². The number of benzene rings is 1. The minimum Gasteiger partial charge on any atom is -0.490 e. The minimum absolute atomic E-state index is 0.214. The van der Waals surface area contributed by atoms with Crippen molar-refractivity contribution in [2.45, 2.75) is 52.4 Å². The zero-order valence-electron chi connectivity index (χ0n) is 13.2. The zero-order valence-corrected chi connectivity index (χ0v) is 13.2. The second kappa shape index (κ2) is 8.06. The number of hydrogen-bond acceptors (Lipinski definition) is 3. The topological polar surface area (TPSA) is 35.5 Å². The predicted octanol–water partition coefficient (Wildman–Crippen LogP) is 4.64. The Morgan fingerprint density at radius 1 is 1.10 bits per heavy atom. The summed E-state index contributed by atoms with van der Waals surface area (Å²) in [5, 5.41) is 0. The van der Waals surface area contributed by atoms with Gasteiger partial charge in [0, 0.05) is 12.0 Å². The lowest BCUT2D eigenvalue weighted by atomic mass is 9.97. The molecule has 0 aliphatic heterocycles. The summed E-state index contributed by atoms with van der Waals surface area (Å²) in [5.41, 5.74) is 0.736. The molecule has 3 nitrogen and oxygen atoms in total. The Balaban J connectivity index is 2.00. The average Bonchev–Trinajstić information content (AvgIpc) is 3.00. The lowest BCUT2D eigenvalue weighted by Crippen LogP contribution is -2.05. The number of hydrogen-bond donors (Lipinski definition) is 0. The van der Waals surface area contributed by atoms with Gasteiger partial charge in [0.15, 0.2) is 17.3 Å². The maximum absolute atomic E-state index is 12.3. The smallest absolute Gasteiger partial charge is 0.163 e. The van der Waals surface area contributed by atoms with Crippen LogP contribution in [0.1, 0.15) is 62.7 Å². The highest BCUT2D eigenvalue weighted by Gasteiger charge is 2.17. The van der Waals surface area contributed by atoms with Crippen molar-refractivity contribution in [3.05, 3.63) is 23.8 Å². The van der Waals surface area contributed by atoms with E-state index in [4.69, 9.17) is 9.47 Å². The van der Waals surface area contributed by atoms with E-state index in [1.165, 1.54) is 25.7 Å². The second-order valence-electron chi connectivity index (χ2n) is 5.64. The quantitative estimate of drug-likeness (QED) is 0.654. The molecule has 1 aromatic rings. The van der Waals surface area contributed by atoms with Crippen LogP contribution >= 0.6 is 0 Å². The third-order valence-electron chi connectivity index (χ3n) is 4.12. The molecule has 2 rings (SSSR count). The maximum atomic E-state index is 12.3. The molecule has 0 unspecified atom stereocenters. The van der Waals surface area contributed by atoms with Crippen LogP contribution < -0.4 is 9.47 Å². The molecule has 0 aromatic heterocycles. The Labute approximate surface area is 127 Å². The standard InChI is InChI=1S/C18H26O3/c1-3-20-17-12-10-15(13-18(17)21-4-2)16(19)11-9-14-7-5-6-8-14/h10,12-14H,3-9,11H2,1-2H3. The van der Waals surface area contributed by atoms with Gasteiger partial charge in [-0.15, -0.1) is 0 Å². The summed E-state index contributed by atoms with van der Waals surface area (Å²) < 4.78 is 11.1. The molecular formula is C18H26O3. The van der Waals surface area contributed by atoms with E-state index in [0.717, 1.165) is 17.9 Å². The van der Waals surface area contributed by atoms with Gasteiger partial charge in [-0.05, 0) is 44.4 Å². The zero-order chi connectivity index (χ0) is 15.1. The first-order valence-electron chi connectivity index (χ1n) is 8.17. The molecule has 1 aromatic carbocycles. The van der Waals surface area contributed by atoms with Crippen LogP contribution in [0.4, 0.5) is 0 Å². The number of rotatable bonds is 8. The van der Waals surface area contributed by atoms with Gasteiger partial charge < -0.3 is 9.47 Å². The van der Waals surface area contributed by atoms with Gasteiger partial charge in [0.2, 0.25) is 0 Å². The summed E-state index contributed by atoms with van der Waals surface area (Å²) in [6.07, 6.45) is 6.91. The molecule has 0 saturated heterocycles. The normalized spacial score (nSPS) is 15.1. The van der Waals surface area contributed by atoms with Crippen LogP contribution in [0.2, 0.25) is 0 Å². The number of carbonyl (C=O) groups excluding carboxylic acids is 1. The third-order valence-corrected chi connectivity index (χ3v) is 4.12. The van der Waals surface area contributed by atoms with Gasteiger partial charge in [0.05, 0.1) is 13.2 Å². The van der Waals surface area contributed by atoms with Crippen LogP contribution in [0.25, 0.3) is 0 Å². The number of carbonyl (C=O) groups is 1. The fourth-order valence-corrected chi connectivity index (χ4v) is 3.00. The van der Waals surface area contributed by atoms with E-state index < -0.39 is 0 Å².